The van der Waals surface area contributed by atoms with Gasteiger partial charge in [-0.2, -0.15) is 12.6 Å². The molecule has 0 spiro atoms. The van der Waals surface area contributed by atoms with Crippen molar-refractivity contribution in [3.8, 4) is 0 Å². The highest BCUT2D eigenvalue weighted by Gasteiger charge is 2.01. The fourth-order valence-corrected chi connectivity index (χ4v) is 2.94. The Labute approximate surface area is 156 Å². The molecule has 140 valence electrons. The van der Waals surface area contributed by atoms with Crippen LogP contribution in [-0.2, 0) is 0 Å². The summed E-state index contributed by atoms with van der Waals surface area (Å²) in [5, 5.41) is 9.61. The molecule has 24 heavy (non-hydrogen) atoms. The van der Waals surface area contributed by atoms with Crippen LogP contribution in [-0.4, -0.2) is 17.0 Å². The lowest BCUT2D eigenvalue weighted by molar-refractivity contribution is 0.158. The highest BCUT2D eigenvalue weighted by Crippen LogP contribution is 2.12. The third-order valence-corrected chi connectivity index (χ3v) is 4.41. The van der Waals surface area contributed by atoms with Crippen LogP contribution in [0.3, 0.4) is 0 Å². The number of hydrogen-bond acceptors (Lipinski definition) is 2. The van der Waals surface area contributed by atoms with Gasteiger partial charge in [0.1, 0.15) is 0 Å². The molecule has 0 aromatic heterocycles. The third-order valence-electron chi connectivity index (χ3n) is 4.15. The number of allylic oxidation sites excluding steroid dienone is 6. The van der Waals surface area contributed by atoms with E-state index in [0.29, 0.717) is 0 Å². The van der Waals surface area contributed by atoms with Gasteiger partial charge >= 0.3 is 0 Å². The van der Waals surface area contributed by atoms with Gasteiger partial charge in [-0.3, -0.25) is 0 Å². The van der Waals surface area contributed by atoms with E-state index in [2.05, 4.69) is 56.0 Å². The van der Waals surface area contributed by atoms with Gasteiger partial charge in [-0.25, -0.2) is 0 Å². The molecule has 0 radical (unpaired) electrons. The molecule has 1 atom stereocenters. The standard InChI is InChI=1S/C22H40OS/c1-2-3-4-5-6-7-8-9-10-11-12-13-14-15-16-17-18-19-22(23)20-21-24/h3-4,6-7,9-10,22-24H,2,5,8,11-21H2,1H3/b4-3+,7-6+,10-9+. The lowest BCUT2D eigenvalue weighted by atomic mass is 10.0. The molecule has 0 aliphatic carbocycles. The van der Waals surface area contributed by atoms with Crippen LogP contribution in [0.4, 0.5) is 0 Å². The summed E-state index contributed by atoms with van der Waals surface area (Å²) >= 11 is 4.15. The van der Waals surface area contributed by atoms with Gasteiger partial charge in [-0.05, 0) is 50.7 Å². The van der Waals surface area contributed by atoms with Crippen LogP contribution in [0.2, 0.25) is 0 Å². The highest BCUT2D eigenvalue weighted by atomic mass is 32.1. The van der Waals surface area contributed by atoms with Crippen molar-refractivity contribution in [3.63, 3.8) is 0 Å². The molecule has 0 fully saturated rings. The first-order chi connectivity index (χ1) is 11.8. The van der Waals surface area contributed by atoms with Crippen LogP contribution in [0.1, 0.15) is 90.4 Å². The monoisotopic (exact) mass is 352 g/mol. The first-order valence-corrected chi connectivity index (χ1v) is 10.7. The number of aliphatic hydroxyl groups is 1. The average molecular weight is 353 g/mol. The predicted octanol–water partition coefficient (Wildman–Crippen LogP) is 7.04. The Balaban J connectivity index is 3.22. The minimum atomic E-state index is -0.128. The summed E-state index contributed by atoms with van der Waals surface area (Å²) in [6.07, 6.45) is 28.8. The molecule has 0 saturated carbocycles. The molecule has 0 aliphatic heterocycles. The normalized spacial score (nSPS) is 13.6. The SMILES string of the molecule is CC/C=C/C/C=C/C/C=C/CCCCCCCCCC(O)CCS. The first-order valence-electron chi connectivity index (χ1n) is 10.0. The van der Waals surface area contributed by atoms with Crippen molar-refractivity contribution in [1.29, 1.82) is 0 Å². The van der Waals surface area contributed by atoms with Crippen LogP contribution in [0.15, 0.2) is 36.5 Å². The largest absolute Gasteiger partial charge is 0.393 e. The first kappa shape index (κ1) is 23.5. The number of rotatable bonds is 17. The summed E-state index contributed by atoms with van der Waals surface area (Å²) in [4.78, 5) is 0. The minimum absolute atomic E-state index is 0.128. The Bertz CT molecular complexity index is 320. The van der Waals surface area contributed by atoms with Gasteiger partial charge in [0.25, 0.3) is 0 Å². The van der Waals surface area contributed by atoms with Crippen molar-refractivity contribution in [2.24, 2.45) is 0 Å². The summed E-state index contributed by atoms with van der Waals surface area (Å²) < 4.78 is 0. The van der Waals surface area contributed by atoms with E-state index in [-0.39, 0.29) is 6.10 Å². The lowest BCUT2D eigenvalue weighted by Gasteiger charge is -2.08. The molecular formula is C22H40OS. The van der Waals surface area contributed by atoms with Crippen LogP contribution in [0.5, 0.6) is 0 Å². The van der Waals surface area contributed by atoms with Crippen molar-refractivity contribution in [2.45, 2.75) is 96.5 Å². The van der Waals surface area contributed by atoms with E-state index in [1.54, 1.807) is 0 Å². The third kappa shape index (κ3) is 19.6. The van der Waals surface area contributed by atoms with E-state index < -0.39 is 0 Å². The fraction of sp³-hybridized carbons (Fsp3) is 0.727. The molecule has 0 aliphatic rings. The summed E-state index contributed by atoms with van der Waals surface area (Å²) in [6, 6.07) is 0. The number of hydrogen-bond donors (Lipinski definition) is 2. The Morgan fingerprint density at radius 3 is 1.88 bits per heavy atom. The molecule has 0 aromatic carbocycles. The second-order valence-electron chi connectivity index (χ2n) is 6.51. The van der Waals surface area contributed by atoms with Crippen molar-refractivity contribution in [1.82, 2.24) is 0 Å². The van der Waals surface area contributed by atoms with Crippen LogP contribution in [0.25, 0.3) is 0 Å². The van der Waals surface area contributed by atoms with Crippen LogP contribution in [0, 0.1) is 0 Å². The van der Waals surface area contributed by atoms with E-state index in [1.807, 2.05) is 0 Å². The minimum Gasteiger partial charge on any atom is -0.393 e. The molecule has 1 unspecified atom stereocenters. The van der Waals surface area contributed by atoms with E-state index in [9.17, 15) is 5.11 Å². The van der Waals surface area contributed by atoms with Crippen LogP contribution < -0.4 is 0 Å². The molecule has 2 heteroatoms. The van der Waals surface area contributed by atoms with Crippen molar-refractivity contribution in [3.05, 3.63) is 36.5 Å². The molecule has 0 rings (SSSR count). The van der Waals surface area contributed by atoms with Crippen molar-refractivity contribution < 1.29 is 5.11 Å². The molecule has 0 amide bonds. The number of thiol groups is 1. The van der Waals surface area contributed by atoms with Crippen LogP contribution >= 0.6 is 12.6 Å². The highest BCUT2D eigenvalue weighted by molar-refractivity contribution is 7.80. The predicted molar refractivity (Wildman–Crippen MR) is 113 cm³/mol. The van der Waals surface area contributed by atoms with E-state index >= 15 is 0 Å². The molecule has 0 saturated heterocycles. The Morgan fingerprint density at radius 1 is 0.708 bits per heavy atom. The van der Waals surface area contributed by atoms with Gasteiger partial charge in [0.2, 0.25) is 0 Å². The Hall–Kier alpha value is -0.470. The molecular weight excluding hydrogens is 312 g/mol. The van der Waals surface area contributed by atoms with Gasteiger partial charge < -0.3 is 5.11 Å². The fourth-order valence-electron chi connectivity index (χ4n) is 2.65. The summed E-state index contributed by atoms with van der Waals surface area (Å²) in [5.41, 5.74) is 0. The van der Waals surface area contributed by atoms with E-state index in [0.717, 1.165) is 37.9 Å². The van der Waals surface area contributed by atoms with Crippen molar-refractivity contribution in [2.75, 3.05) is 5.75 Å². The van der Waals surface area contributed by atoms with Gasteiger partial charge in [-0.15, -0.1) is 0 Å². The maximum atomic E-state index is 9.61. The molecule has 0 aromatic rings. The molecule has 1 N–H and O–H groups in total. The van der Waals surface area contributed by atoms with Gasteiger partial charge in [0.05, 0.1) is 6.10 Å². The van der Waals surface area contributed by atoms with Gasteiger partial charge in [-0.1, -0.05) is 81.9 Å². The maximum absolute atomic E-state index is 9.61. The second kappa shape index (κ2) is 20.6. The number of unbranched alkanes of at least 4 members (excludes halogenated alkanes) is 7. The summed E-state index contributed by atoms with van der Waals surface area (Å²) in [6.45, 7) is 2.17. The topological polar surface area (TPSA) is 20.2 Å². The zero-order valence-electron chi connectivity index (χ0n) is 15.8. The summed E-state index contributed by atoms with van der Waals surface area (Å²) in [7, 11) is 0. The summed E-state index contributed by atoms with van der Waals surface area (Å²) in [5.74, 6) is 0.794. The average Bonchev–Trinajstić information content (AvgIpc) is 2.58. The van der Waals surface area contributed by atoms with Gasteiger partial charge in [0, 0.05) is 0 Å². The second-order valence-corrected chi connectivity index (χ2v) is 6.96. The Kier molecular flexibility index (Phi) is 20.2. The Morgan fingerprint density at radius 2 is 1.25 bits per heavy atom. The quantitative estimate of drug-likeness (QED) is 0.163. The lowest BCUT2D eigenvalue weighted by Crippen LogP contribution is -2.06. The van der Waals surface area contributed by atoms with Gasteiger partial charge in [0.15, 0.2) is 0 Å². The molecule has 0 bridgehead atoms. The molecule has 0 heterocycles. The zero-order valence-corrected chi connectivity index (χ0v) is 16.7. The molecule has 1 nitrogen and oxygen atoms in total. The number of aliphatic hydroxyl groups excluding tert-OH is 1. The van der Waals surface area contributed by atoms with E-state index in [4.69, 9.17) is 0 Å². The maximum Gasteiger partial charge on any atom is 0.0548 e. The smallest absolute Gasteiger partial charge is 0.0548 e. The van der Waals surface area contributed by atoms with Crippen molar-refractivity contribution >= 4 is 12.6 Å². The van der Waals surface area contributed by atoms with E-state index in [1.165, 1.54) is 51.4 Å². The zero-order chi connectivity index (χ0) is 17.7.